The molecule has 3 atom stereocenters. The number of rotatable bonds is 4. The fourth-order valence-corrected chi connectivity index (χ4v) is 4.10. The maximum Gasteiger partial charge on any atom is 0.450 e. The predicted molar refractivity (Wildman–Crippen MR) is 73.9 cm³/mol. The summed E-state index contributed by atoms with van der Waals surface area (Å²) in [5.41, 5.74) is -0.780. The highest BCUT2D eigenvalue weighted by molar-refractivity contribution is 6.10. The molecule has 0 N–H and O–H groups in total. The van der Waals surface area contributed by atoms with Gasteiger partial charge in [0.1, 0.15) is 6.61 Å². The molecule has 0 saturated heterocycles. The van der Waals surface area contributed by atoms with Crippen LogP contribution in [0, 0.1) is 22.7 Å². The van der Waals surface area contributed by atoms with E-state index in [4.69, 9.17) is 4.74 Å². The molecule has 22 heavy (non-hydrogen) atoms. The van der Waals surface area contributed by atoms with Crippen LogP contribution in [0.4, 0.5) is 13.2 Å². The quantitative estimate of drug-likeness (QED) is 0.586. The molecule has 2 rings (SSSR count). The number of hydrogen-bond donors (Lipinski definition) is 0. The summed E-state index contributed by atoms with van der Waals surface area (Å²) in [6.45, 7) is 7.23. The van der Waals surface area contributed by atoms with E-state index in [1.54, 1.807) is 13.8 Å². The Labute approximate surface area is 127 Å². The molecular formula is C16H21F3O3. The maximum absolute atomic E-state index is 12.8. The number of allylic oxidation sites excluding steroid dienone is 1. The van der Waals surface area contributed by atoms with Gasteiger partial charge in [0.2, 0.25) is 5.78 Å². The van der Waals surface area contributed by atoms with E-state index >= 15 is 0 Å². The van der Waals surface area contributed by atoms with Crippen molar-refractivity contribution < 1.29 is 27.5 Å². The summed E-state index contributed by atoms with van der Waals surface area (Å²) in [6.07, 6.45) is -2.54. The van der Waals surface area contributed by atoms with Crippen molar-refractivity contribution >= 4 is 11.6 Å². The molecule has 0 radical (unpaired) electrons. The van der Waals surface area contributed by atoms with Crippen LogP contribution in [0.5, 0.6) is 0 Å². The van der Waals surface area contributed by atoms with Gasteiger partial charge in [0.15, 0.2) is 5.78 Å². The van der Waals surface area contributed by atoms with Crippen LogP contribution in [-0.4, -0.2) is 24.3 Å². The average molecular weight is 318 g/mol. The zero-order valence-corrected chi connectivity index (χ0v) is 13.2. The number of fused-ring (bicyclic) bond motifs is 2. The number of ether oxygens (including phenoxy) is 1. The van der Waals surface area contributed by atoms with Crippen molar-refractivity contribution in [3.63, 3.8) is 0 Å². The Kier molecular flexibility index (Phi) is 3.95. The molecule has 2 bridgehead atoms. The van der Waals surface area contributed by atoms with Crippen LogP contribution < -0.4 is 0 Å². The van der Waals surface area contributed by atoms with Crippen LogP contribution in [0.1, 0.15) is 40.5 Å². The minimum Gasteiger partial charge on any atom is -0.500 e. The van der Waals surface area contributed by atoms with Gasteiger partial charge in [0, 0.05) is 0 Å². The zero-order chi connectivity index (χ0) is 16.9. The minimum atomic E-state index is -4.97. The van der Waals surface area contributed by atoms with Gasteiger partial charge in [0.05, 0.1) is 17.6 Å². The molecule has 2 aliphatic carbocycles. The largest absolute Gasteiger partial charge is 0.500 e. The van der Waals surface area contributed by atoms with Crippen LogP contribution >= 0.6 is 0 Å². The van der Waals surface area contributed by atoms with E-state index in [1.807, 2.05) is 13.8 Å². The molecule has 2 saturated carbocycles. The number of halogens is 3. The summed E-state index contributed by atoms with van der Waals surface area (Å²) in [5, 5.41) is 0. The molecular weight excluding hydrogens is 297 g/mol. The number of carbonyl (C=O) groups excluding carboxylic acids is 2. The monoisotopic (exact) mass is 318 g/mol. The lowest BCUT2D eigenvalue weighted by Crippen LogP contribution is -2.44. The molecule has 0 amide bonds. The molecule has 0 aliphatic heterocycles. The van der Waals surface area contributed by atoms with Gasteiger partial charge in [-0.3, -0.25) is 9.59 Å². The van der Waals surface area contributed by atoms with Crippen LogP contribution in [0.2, 0.25) is 0 Å². The fourth-order valence-electron chi connectivity index (χ4n) is 4.10. The van der Waals surface area contributed by atoms with Crippen LogP contribution in [0.25, 0.3) is 0 Å². The van der Waals surface area contributed by atoms with Crippen molar-refractivity contribution in [1.82, 2.24) is 0 Å². The highest BCUT2D eigenvalue weighted by atomic mass is 19.4. The van der Waals surface area contributed by atoms with E-state index < -0.39 is 40.4 Å². The normalized spacial score (nSPS) is 33.0. The third-order valence-electron chi connectivity index (χ3n) is 5.41. The Morgan fingerprint density at radius 3 is 2.45 bits per heavy atom. The molecule has 3 nitrogen and oxygen atoms in total. The number of alkyl halides is 3. The van der Waals surface area contributed by atoms with Gasteiger partial charge in [0.25, 0.3) is 0 Å². The summed E-state index contributed by atoms with van der Waals surface area (Å²) >= 11 is 0. The molecule has 0 spiro atoms. The van der Waals surface area contributed by atoms with E-state index in [-0.39, 0.29) is 6.61 Å². The highest BCUT2D eigenvalue weighted by Crippen LogP contribution is 2.66. The number of carbonyl (C=O) groups is 2. The Bertz CT molecular complexity index is 529. The van der Waals surface area contributed by atoms with Gasteiger partial charge in [-0.2, -0.15) is 13.2 Å². The first-order chi connectivity index (χ1) is 9.95. The molecule has 0 aromatic rings. The van der Waals surface area contributed by atoms with Crippen molar-refractivity contribution in [2.24, 2.45) is 22.7 Å². The smallest absolute Gasteiger partial charge is 0.450 e. The number of hydrogen-bond acceptors (Lipinski definition) is 3. The summed E-state index contributed by atoms with van der Waals surface area (Å²) < 4.78 is 43.8. The topological polar surface area (TPSA) is 43.4 Å². The van der Waals surface area contributed by atoms with Gasteiger partial charge in [-0.25, -0.2) is 0 Å². The highest BCUT2D eigenvalue weighted by Gasteiger charge is 2.72. The lowest BCUT2D eigenvalue weighted by atomic mass is 9.69. The van der Waals surface area contributed by atoms with E-state index in [0.29, 0.717) is 12.8 Å². The second kappa shape index (κ2) is 5.10. The molecule has 6 heteroatoms. The second-order valence-corrected chi connectivity index (χ2v) is 7.16. The van der Waals surface area contributed by atoms with Gasteiger partial charge < -0.3 is 4.74 Å². The maximum atomic E-state index is 12.8. The molecule has 2 aliphatic rings. The minimum absolute atomic E-state index is 0.0299. The van der Waals surface area contributed by atoms with E-state index in [9.17, 15) is 22.8 Å². The van der Waals surface area contributed by atoms with Gasteiger partial charge >= 0.3 is 6.18 Å². The molecule has 0 heterocycles. The van der Waals surface area contributed by atoms with E-state index in [0.717, 1.165) is 5.57 Å². The Morgan fingerprint density at radius 2 is 1.95 bits per heavy atom. The molecule has 0 aromatic heterocycles. The van der Waals surface area contributed by atoms with Gasteiger partial charge in [-0.05, 0) is 43.6 Å². The lowest BCUT2D eigenvalue weighted by Gasteiger charge is -2.35. The van der Waals surface area contributed by atoms with Crippen molar-refractivity contribution in [3.05, 3.63) is 11.8 Å². The van der Waals surface area contributed by atoms with Crippen LogP contribution in [0.3, 0.4) is 0 Å². The van der Waals surface area contributed by atoms with Crippen molar-refractivity contribution in [3.8, 4) is 0 Å². The lowest BCUT2D eigenvalue weighted by molar-refractivity contribution is -0.178. The van der Waals surface area contributed by atoms with Crippen LogP contribution in [-0.2, 0) is 14.3 Å². The molecule has 124 valence electrons. The average Bonchev–Trinajstić information content (AvgIpc) is 2.69. The molecule has 1 unspecified atom stereocenters. The van der Waals surface area contributed by atoms with Crippen molar-refractivity contribution in [2.45, 2.75) is 46.7 Å². The predicted octanol–water partition coefficient (Wildman–Crippen LogP) is 3.68. The molecule has 0 aromatic carbocycles. The SMILES string of the molecule is CC(C)=COC[C@]12CC[C@@H](C(C(=O)C(F)(F)F)C1=O)C2(C)C. The first-order valence-corrected chi connectivity index (χ1v) is 7.35. The Balaban J connectivity index is 2.34. The molecule has 2 fully saturated rings. The third-order valence-corrected chi connectivity index (χ3v) is 5.41. The third kappa shape index (κ3) is 2.27. The Hall–Kier alpha value is -1.33. The first kappa shape index (κ1) is 17.0. The first-order valence-electron chi connectivity index (χ1n) is 7.35. The van der Waals surface area contributed by atoms with Gasteiger partial charge in [-0.1, -0.05) is 13.8 Å². The summed E-state index contributed by atoms with van der Waals surface area (Å²) in [7, 11) is 0. The fraction of sp³-hybridized carbons (Fsp3) is 0.750. The summed E-state index contributed by atoms with van der Waals surface area (Å²) in [6, 6.07) is 0. The zero-order valence-electron chi connectivity index (χ0n) is 13.2. The summed E-state index contributed by atoms with van der Waals surface area (Å²) in [4.78, 5) is 24.3. The Morgan fingerprint density at radius 1 is 1.36 bits per heavy atom. The number of Topliss-reactive ketones (excluding diaryl/α,β-unsaturated/α-hetero) is 2. The van der Waals surface area contributed by atoms with E-state index in [1.165, 1.54) is 6.26 Å². The van der Waals surface area contributed by atoms with Gasteiger partial charge in [-0.15, -0.1) is 0 Å². The summed E-state index contributed by atoms with van der Waals surface area (Å²) in [5.74, 6) is -4.64. The van der Waals surface area contributed by atoms with Crippen molar-refractivity contribution in [1.29, 1.82) is 0 Å². The standard InChI is InChI=1S/C16H21F3O3/c1-9(2)7-22-8-15-6-5-10(14(15,3)4)11(12(15)20)13(21)16(17,18)19/h7,10-11H,5-6,8H2,1-4H3/t10-,11?,15+/m0/s1. The number of ketones is 2. The second-order valence-electron chi connectivity index (χ2n) is 7.16. The van der Waals surface area contributed by atoms with Crippen LogP contribution in [0.15, 0.2) is 11.8 Å². The van der Waals surface area contributed by atoms with Crippen molar-refractivity contribution in [2.75, 3.05) is 6.61 Å². The van der Waals surface area contributed by atoms with E-state index in [2.05, 4.69) is 0 Å².